The molecule has 0 bridgehead atoms. The second kappa shape index (κ2) is 6.24. The quantitative estimate of drug-likeness (QED) is 0.889. The summed E-state index contributed by atoms with van der Waals surface area (Å²) in [5, 5.41) is 6.83. The van der Waals surface area contributed by atoms with Crippen molar-refractivity contribution < 1.29 is 14.3 Å². The molecule has 3 aliphatic rings. The number of amides is 2. The minimum Gasteiger partial charge on any atom is -0.381 e. The third kappa shape index (κ3) is 3.15. The van der Waals surface area contributed by atoms with E-state index in [2.05, 4.69) is 10.6 Å². The molecule has 1 aromatic heterocycles. The summed E-state index contributed by atoms with van der Waals surface area (Å²) < 4.78 is 5.40. The summed E-state index contributed by atoms with van der Waals surface area (Å²) in [6.07, 6.45) is 7.00. The molecule has 2 N–H and O–H groups in total. The summed E-state index contributed by atoms with van der Waals surface area (Å²) in [6, 6.07) is 0.328. The first-order valence-corrected chi connectivity index (χ1v) is 9.38. The molecule has 1 saturated heterocycles. The molecule has 0 unspecified atom stereocenters. The summed E-state index contributed by atoms with van der Waals surface area (Å²) in [7, 11) is 0. The van der Waals surface area contributed by atoms with Crippen molar-refractivity contribution in [3.63, 3.8) is 0 Å². The Bertz CT molecular complexity index is 630. The molecule has 2 heterocycles. The van der Waals surface area contributed by atoms with Crippen molar-refractivity contribution >= 4 is 28.2 Å². The first-order valence-electron chi connectivity index (χ1n) is 8.56. The molecule has 124 valence electrons. The molecule has 1 saturated carbocycles. The minimum atomic E-state index is -0.0972. The van der Waals surface area contributed by atoms with Crippen LogP contribution < -0.4 is 10.6 Å². The Morgan fingerprint density at radius 1 is 1.13 bits per heavy atom. The van der Waals surface area contributed by atoms with Gasteiger partial charge in [-0.3, -0.25) is 9.59 Å². The second-order valence-corrected chi connectivity index (χ2v) is 7.82. The predicted octanol–water partition coefficient (Wildman–Crippen LogP) is 2.49. The Labute approximate surface area is 139 Å². The third-order valence-electron chi connectivity index (χ3n) is 4.83. The van der Waals surface area contributed by atoms with Crippen molar-refractivity contribution in [1.82, 2.24) is 5.32 Å². The lowest BCUT2D eigenvalue weighted by Crippen LogP contribution is -2.31. The highest BCUT2D eigenvalue weighted by atomic mass is 32.1. The van der Waals surface area contributed by atoms with Crippen LogP contribution in [-0.4, -0.2) is 31.1 Å². The number of carbonyl (C=O) groups is 2. The van der Waals surface area contributed by atoms with Crippen LogP contribution in [0.1, 0.15) is 52.9 Å². The average Bonchev–Trinajstić information content (AvgIpc) is 3.14. The Hall–Kier alpha value is -1.40. The normalized spacial score (nSPS) is 23.4. The standard InChI is InChI=1S/C17H22N2O3S/c20-15(10-3-2-8-22-9-10)19-17-14(16(21)18-11-6-7-11)12-4-1-5-13(12)23-17/h10-11H,1-9H2,(H,18,21)(H,19,20)/t10-/m0/s1. The van der Waals surface area contributed by atoms with Crippen molar-refractivity contribution in [3.05, 3.63) is 16.0 Å². The second-order valence-electron chi connectivity index (χ2n) is 6.71. The molecule has 2 fully saturated rings. The van der Waals surface area contributed by atoms with Crippen molar-refractivity contribution in [2.75, 3.05) is 18.5 Å². The maximum Gasteiger partial charge on any atom is 0.254 e. The number of anilines is 1. The maximum atomic E-state index is 12.6. The number of fused-ring (bicyclic) bond motifs is 1. The van der Waals surface area contributed by atoms with Gasteiger partial charge in [0.15, 0.2) is 0 Å². The number of hydrogen-bond acceptors (Lipinski definition) is 4. The van der Waals surface area contributed by atoms with E-state index in [9.17, 15) is 9.59 Å². The van der Waals surface area contributed by atoms with E-state index in [0.717, 1.165) is 67.7 Å². The van der Waals surface area contributed by atoms with Gasteiger partial charge in [0.05, 0.1) is 18.1 Å². The van der Waals surface area contributed by atoms with Gasteiger partial charge in [-0.2, -0.15) is 0 Å². The van der Waals surface area contributed by atoms with E-state index in [1.54, 1.807) is 11.3 Å². The number of ether oxygens (including phenoxy) is 1. The number of carbonyl (C=O) groups excluding carboxylic acids is 2. The molecule has 2 aliphatic carbocycles. The van der Waals surface area contributed by atoms with Gasteiger partial charge in [-0.25, -0.2) is 0 Å². The molecule has 0 radical (unpaired) electrons. The number of hydrogen-bond donors (Lipinski definition) is 2. The lowest BCUT2D eigenvalue weighted by Gasteiger charge is -2.21. The molecule has 0 spiro atoms. The van der Waals surface area contributed by atoms with E-state index in [0.29, 0.717) is 12.6 Å². The molecular formula is C17H22N2O3S. The molecule has 5 nitrogen and oxygen atoms in total. The van der Waals surface area contributed by atoms with Crippen molar-refractivity contribution in [1.29, 1.82) is 0 Å². The highest BCUT2D eigenvalue weighted by Crippen LogP contribution is 2.39. The topological polar surface area (TPSA) is 67.4 Å². The Kier molecular flexibility index (Phi) is 4.11. The molecule has 0 aromatic carbocycles. The van der Waals surface area contributed by atoms with Gasteiger partial charge in [-0.05, 0) is 50.5 Å². The average molecular weight is 334 g/mol. The fourth-order valence-corrected chi connectivity index (χ4v) is 4.67. The summed E-state index contributed by atoms with van der Waals surface area (Å²) in [5.41, 5.74) is 1.88. The first-order chi connectivity index (χ1) is 11.2. The van der Waals surface area contributed by atoms with Gasteiger partial charge in [-0.15, -0.1) is 11.3 Å². The monoisotopic (exact) mass is 334 g/mol. The molecular weight excluding hydrogens is 312 g/mol. The van der Waals surface area contributed by atoms with Crippen LogP contribution in [0.2, 0.25) is 0 Å². The molecule has 1 aromatic rings. The molecule has 2 amide bonds. The number of nitrogens with one attached hydrogen (secondary N) is 2. The molecule has 4 rings (SSSR count). The molecule has 6 heteroatoms. The summed E-state index contributed by atoms with van der Waals surface area (Å²) in [4.78, 5) is 26.4. The fourth-order valence-electron chi connectivity index (χ4n) is 3.38. The van der Waals surface area contributed by atoms with Gasteiger partial charge >= 0.3 is 0 Å². The van der Waals surface area contributed by atoms with E-state index in [1.165, 1.54) is 4.88 Å². The van der Waals surface area contributed by atoms with E-state index in [4.69, 9.17) is 4.74 Å². The highest BCUT2D eigenvalue weighted by Gasteiger charge is 2.32. The van der Waals surface area contributed by atoms with Crippen LogP contribution in [0.15, 0.2) is 0 Å². The Morgan fingerprint density at radius 3 is 2.74 bits per heavy atom. The predicted molar refractivity (Wildman–Crippen MR) is 89.0 cm³/mol. The van der Waals surface area contributed by atoms with Crippen LogP contribution in [-0.2, 0) is 22.4 Å². The largest absolute Gasteiger partial charge is 0.381 e. The fraction of sp³-hybridized carbons (Fsp3) is 0.647. The van der Waals surface area contributed by atoms with Crippen LogP contribution in [0.5, 0.6) is 0 Å². The van der Waals surface area contributed by atoms with E-state index < -0.39 is 0 Å². The van der Waals surface area contributed by atoms with E-state index in [-0.39, 0.29) is 17.7 Å². The smallest absolute Gasteiger partial charge is 0.254 e. The van der Waals surface area contributed by atoms with Gasteiger partial charge in [-0.1, -0.05) is 0 Å². The summed E-state index contributed by atoms with van der Waals surface area (Å²) in [6.45, 7) is 1.23. The maximum absolute atomic E-state index is 12.6. The molecule has 1 aliphatic heterocycles. The van der Waals surface area contributed by atoms with Gasteiger partial charge in [0.25, 0.3) is 5.91 Å². The number of rotatable bonds is 4. The van der Waals surface area contributed by atoms with Crippen LogP contribution in [0, 0.1) is 5.92 Å². The van der Waals surface area contributed by atoms with Gasteiger partial charge in [0.2, 0.25) is 5.91 Å². The van der Waals surface area contributed by atoms with Crippen LogP contribution in [0.3, 0.4) is 0 Å². The Balaban J connectivity index is 1.54. The number of thiophene rings is 1. The van der Waals surface area contributed by atoms with Crippen LogP contribution >= 0.6 is 11.3 Å². The minimum absolute atomic E-state index is 0.00917. The van der Waals surface area contributed by atoms with Crippen molar-refractivity contribution in [2.45, 2.75) is 51.0 Å². The van der Waals surface area contributed by atoms with Gasteiger partial charge in [0, 0.05) is 17.5 Å². The zero-order valence-corrected chi connectivity index (χ0v) is 14.0. The lowest BCUT2D eigenvalue weighted by atomic mass is 10.0. The van der Waals surface area contributed by atoms with E-state index >= 15 is 0 Å². The van der Waals surface area contributed by atoms with Crippen LogP contribution in [0.4, 0.5) is 5.00 Å². The van der Waals surface area contributed by atoms with Gasteiger partial charge in [0.1, 0.15) is 5.00 Å². The summed E-state index contributed by atoms with van der Waals surface area (Å²) in [5.74, 6) is -0.118. The highest BCUT2D eigenvalue weighted by molar-refractivity contribution is 7.17. The van der Waals surface area contributed by atoms with Gasteiger partial charge < -0.3 is 15.4 Å². The number of aryl methyl sites for hydroxylation is 1. The zero-order valence-electron chi connectivity index (χ0n) is 13.2. The zero-order chi connectivity index (χ0) is 15.8. The third-order valence-corrected chi connectivity index (χ3v) is 6.04. The lowest BCUT2D eigenvalue weighted by molar-refractivity contribution is -0.123. The molecule has 1 atom stereocenters. The van der Waals surface area contributed by atoms with Crippen LogP contribution in [0.25, 0.3) is 0 Å². The van der Waals surface area contributed by atoms with Crippen molar-refractivity contribution in [2.24, 2.45) is 5.92 Å². The SMILES string of the molecule is O=C(NC1CC1)c1c(NC(=O)[C@H]2CCCOC2)sc2c1CCC2. The van der Waals surface area contributed by atoms with E-state index in [1.807, 2.05) is 0 Å². The Morgan fingerprint density at radius 2 is 2.00 bits per heavy atom. The summed E-state index contributed by atoms with van der Waals surface area (Å²) >= 11 is 1.58. The van der Waals surface area contributed by atoms with Crippen molar-refractivity contribution in [3.8, 4) is 0 Å². The first kappa shape index (κ1) is 15.1. The molecule has 23 heavy (non-hydrogen) atoms.